The van der Waals surface area contributed by atoms with E-state index in [2.05, 4.69) is 40.7 Å². The molecule has 3 fully saturated rings. The van der Waals surface area contributed by atoms with Crippen molar-refractivity contribution < 1.29 is 4.39 Å². The highest BCUT2D eigenvalue weighted by Crippen LogP contribution is 2.67. The Morgan fingerprint density at radius 2 is 1.79 bits per heavy atom. The number of halogens is 1. The largest absolute Gasteiger partial charge is 0.247 e. The Balaban J connectivity index is 1.49. The molecule has 0 saturated heterocycles. The number of rotatable bonds is 5. The Morgan fingerprint density at radius 3 is 2.54 bits per heavy atom. The SMILES string of the molecule is CC(C)CCC[C@@H](C)[C@H]1CCC2[C@@H]3CC=C4CC(F)CC[C@]4(C)C3CC[C@@]21C. The molecule has 3 unspecified atom stereocenters. The first-order valence-corrected chi connectivity index (χ1v) is 12.6. The predicted molar refractivity (Wildman–Crippen MR) is 118 cm³/mol. The first kappa shape index (κ1) is 20.9. The van der Waals surface area contributed by atoms with Gasteiger partial charge in [0.2, 0.25) is 0 Å². The molecule has 0 amide bonds. The van der Waals surface area contributed by atoms with Crippen molar-refractivity contribution in [3.63, 3.8) is 0 Å². The first-order chi connectivity index (χ1) is 13.3. The molecule has 0 nitrogen and oxygen atoms in total. The molecule has 0 aliphatic heterocycles. The van der Waals surface area contributed by atoms with Crippen LogP contribution >= 0.6 is 0 Å². The van der Waals surface area contributed by atoms with Gasteiger partial charge in [-0.25, -0.2) is 4.39 Å². The van der Waals surface area contributed by atoms with Crippen LogP contribution in [0.15, 0.2) is 11.6 Å². The Kier molecular flexibility index (Phi) is 5.78. The molecule has 0 bridgehead atoms. The Labute approximate surface area is 174 Å². The maximum Gasteiger partial charge on any atom is 0.104 e. The fraction of sp³-hybridized carbons (Fsp3) is 0.926. The van der Waals surface area contributed by atoms with Gasteiger partial charge in [-0.05, 0) is 91.3 Å². The summed E-state index contributed by atoms with van der Waals surface area (Å²) in [5, 5.41) is 0. The third kappa shape index (κ3) is 3.41. The van der Waals surface area contributed by atoms with Crippen molar-refractivity contribution >= 4 is 0 Å². The molecular formula is C27H45F. The van der Waals surface area contributed by atoms with Crippen molar-refractivity contribution in [3.8, 4) is 0 Å². The van der Waals surface area contributed by atoms with E-state index in [9.17, 15) is 4.39 Å². The van der Waals surface area contributed by atoms with E-state index in [0.717, 1.165) is 54.8 Å². The molecule has 0 aromatic carbocycles. The first-order valence-electron chi connectivity index (χ1n) is 12.6. The van der Waals surface area contributed by atoms with Crippen LogP contribution in [-0.4, -0.2) is 6.17 Å². The van der Waals surface area contributed by atoms with Crippen LogP contribution in [-0.2, 0) is 0 Å². The molecule has 4 rings (SSSR count). The predicted octanol–water partition coefficient (Wildman–Crippen LogP) is 8.37. The van der Waals surface area contributed by atoms with Crippen molar-refractivity contribution in [1.82, 2.24) is 0 Å². The average molecular weight is 389 g/mol. The van der Waals surface area contributed by atoms with Gasteiger partial charge in [0.1, 0.15) is 6.17 Å². The molecule has 8 atom stereocenters. The third-order valence-corrected chi connectivity index (χ3v) is 10.2. The van der Waals surface area contributed by atoms with Crippen LogP contribution in [0.4, 0.5) is 4.39 Å². The van der Waals surface area contributed by atoms with Gasteiger partial charge in [-0.1, -0.05) is 65.5 Å². The van der Waals surface area contributed by atoms with E-state index in [1.165, 1.54) is 56.9 Å². The van der Waals surface area contributed by atoms with Crippen LogP contribution in [0.1, 0.15) is 105 Å². The minimum Gasteiger partial charge on any atom is -0.247 e. The van der Waals surface area contributed by atoms with Gasteiger partial charge in [-0.3, -0.25) is 0 Å². The van der Waals surface area contributed by atoms with Crippen LogP contribution in [0.25, 0.3) is 0 Å². The number of hydrogen-bond acceptors (Lipinski definition) is 0. The van der Waals surface area contributed by atoms with Crippen LogP contribution in [0.3, 0.4) is 0 Å². The van der Waals surface area contributed by atoms with Crippen molar-refractivity contribution in [2.75, 3.05) is 0 Å². The van der Waals surface area contributed by atoms with Gasteiger partial charge in [-0.2, -0.15) is 0 Å². The van der Waals surface area contributed by atoms with Gasteiger partial charge in [0.15, 0.2) is 0 Å². The standard InChI is InChI=1S/C27H45F/c1-18(2)7-6-8-19(3)23-11-12-24-22-10-9-20-17-21(28)13-15-26(20,4)25(22)14-16-27(23,24)5/h9,18-19,21-25H,6-8,10-17H2,1-5H3/t19-,21?,22+,23-,24?,25?,26+,27-/m1/s1. The highest BCUT2D eigenvalue weighted by atomic mass is 19.1. The average Bonchev–Trinajstić information content (AvgIpc) is 2.99. The highest BCUT2D eigenvalue weighted by molar-refractivity contribution is 5.25. The molecule has 4 aliphatic rings. The minimum absolute atomic E-state index is 0.313. The summed E-state index contributed by atoms with van der Waals surface area (Å²) >= 11 is 0. The summed E-state index contributed by atoms with van der Waals surface area (Å²) < 4.78 is 14.1. The summed E-state index contributed by atoms with van der Waals surface area (Å²) in [5.74, 6) is 5.28. The zero-order valence-electron chi connectivity index (χ0n) is 19.3. The molecule has 4 aliphatic carbocycles. The molecule has 0 heterocycles. The summed E-state index contributed by atoms with van der Waals surface area (Å²) in [6.45, 7) is 12.5. The lowest BCUT2D eigenvalue weighted by molar-refractivity contribution is -0.0537. The monoisotopic (exact) mass is 388 g/mol. The van der Waals surface area contributed by atoms with E-state index < -0.39 is 6.17 Å². The fourth-order valence-electron chi connectivity index (χ4n) is 8.64. The van der Waals surface area contributed by atoms with Gasteiger partial charge in [0.25, 0.3) is 0 Å². The van der Waals surface area contributed by atoms with Crippen molar-refractivity contribution in [2.45, 2.75) is 111 Å². The number of hydrogen-bond donors (Lipinski definition) is 0. The zero-order chi connectivity index (χ0) is 20.1. The second kappa shape index (κ2) is 7.73. The zero-order valence-corrected chi connectivity index (χ0v) is 19.3. The van der Waals surface area contributed by atoms with Crippen molar-refractivity contribution in [1.29, 1.82) is 0 Å². The number of fused-ring (bicyclic) bond motifs is 5. The molecule has 0 aromatic rings. The van der Waals surface area contributed by atoms with Crippen LogP contribution in [0.2, 0.25) is 0 Å². The lowest BCUT2D eigenvalue weighted by Crippen LogP contribution is -2.50. The summed E-state index contributed by atoms with van der Waals surface area (Å²) in [6, 6.07) is 0. The van der Waals surface area contributed by atoms with E-state index in [4.69, 9.17) is 0 Å². The Bertz CT molecular complexity index is 591. The summed E-state index contributed by atoms with van der Waals surface area (Å²) in [7, 11) is 0. The van der Waals surface area contributed by atoms with E-state index >= 15 is 0 Å². The summed E-state index contributed by atoms with van der Waals surface area (Å²) in [5.41, 5.74) is 2.37. The van der Waals surface area contributed by atoms with E-state index in [1.54, 1.807) is 0 Å². The fourth-order valence-corrected chi connectivity index (χ4v) is 8.64. The van der Waals surface area contributed by atoms with Crippen molar-refractivity contribution in [2.24, 2.45) is 46.3 Å². The van der Waals surface area contributed by atoms with Crippen LogP contribution < -0.4 is 0 Å². The van der Waals surface area contributed by atoms with Gasteiger partial charge in [-0.15, -0.1) is 0 Å². The second-order valence-corrected chi connectivity index (χ2v) is 12.1. The van der Waals surface area contributed by atoms with Gasteiger partial charge < -0.3 is 0 Å². The van der Waals surface area contributed by atoms with Crippen LogP contribution in [0.5, 0.6) is 0 Å². The molecule has 28 heavy (non-hydrogen) atoms. The smallest absolute Gasteiger partial charge is 0.104 e. The quantitative estimate of drug-likeness (QED) is 0.415. The lowest BCUT2D eigenvalue weighted by atomic mass is 9.47. The molecule has 0 spiro atoms. The third-order valence-electron chi connectivity index (χ3n) is 10.2. The highest BCUT2D eigenvalue weighted by Gasteiger charge is 2.59. The lowest BCUT2D eigenvalue weighted by Gasteiger charge is -2.58. The number of allylic oxidation sites excluding steroid dienone is 2. The van der Waals surface area contributed by atoms with Gasteiger partial charge in [0.05, 0.1) is 0 Å². The molecule has 0 aromatic heterocycles. The minimum atomic E-state index is -0.577. The summed E-state index contributed by atoms with van der Waals surface area (Å²) in [4.78, 5) is 0. The van der Waals surface area contributed by atoms with E-state index in [-0.39, 0.29) is 0 Å². The van der Waals surface area contributed by atoms with Crippen molar-refractivity contribution in [3.05, 3.63) is 11.6 Å². The van der Waals surface area contributed by atoms with Gasteiger partial charge >= 0.3 is 0 Å². The molecule has 0 N–H and O–H groups in total. The molecule has 160 valence electrons. The normalized spacial score (nSPS) is 46.5. The molecule has 1 heteroatoms. The maximum atomic E-state index is 14.1. The second-order valence-electron chi connectivity index (χ2n) is 12.1. The van der Waals surface area contributed by atoms with E-state index in [0.29, 0.717) is 10.8 Å². The maximum absolute atomic E-state index is 14.1. The molecular weight excluding hydrogens is 343 g/mol. The summed E-state index contributed by atoms with van der Waals surface area (Å²) in [6.07, 6.45) is 15.8. The van der Waals surface area contributed by atoms with Gasteiger partial charge in [0, 0.05) is 6.42 Å². The van der Waals surface area contributed by atoms with Crippen LogP contribution in [0, 0.1) is 46.3 Å². The molecule has 0 radical (unpaired) electrons. The topological polar surface area (TPSA) is 0 Å². The molecule has 3 saturated carbocycles. The number of alkyl halides is 1. The Hall–Kier alpha value is -0.330. The van der Waals surface area contributed by atoms with E-state index in [1.807, 2.05) is 0 Å². The Morgan fingerprint density at radius 1 is 1.00 bits per heavy atom.